The third kappa shape index (κ3) is 2.07. The molecule has 17 heavy (non-hydrogen) atoms. The number of aromatic nitrogens is 1. The summed E-state index contributed by atoms with van der Waals surface area (Å²) in [5.41, 5.74) is 1.28. The molecule has 0 aliphatic rings. The van der Waals surface area contributed by atoms with Crippen molar-refractivity contribution in [2.24, 2.45) is 0 Å². The fourth-order valence-electron chi connectivity index (χ4n) is 1.70. The van der Waals surface area contributed by atoms with Crippen LogP contribution in [-0.2, 0) is 0 Å². The molecule has 0 amide bonds. The van der Waals surface area contributed by atoms with Crippen LogP contribution in [0.5, 0.6) is 5.75 Å². The summed E-state index contributed by atoms with van der Waals surface area (Å²) in [6, 6.07) is 6.34. The molecular weight excluding hydrogens is 221 g/mol. The molecule has 0 spiro atoms. The Balaban J connectivity index is 2.81. The molecule has 0 aliphatic carbocycles. The van der Waals surface area contributed by atoms with Crippen molar-refractivity contribution in [3.05, 3.63) is 35.5 Å². The molecule has 5 nitrogen and oxygen atoms in total. The third-order valence-electron chi connectivity index (χ3n) is 2.34. The van der Waals surface area contributed by atoms with Crippen molar-refractivity contribution < 1.29 is 19.6 Å². The maximum Gasteiger partial charge on any atom is 0.569 e. The number of rotatable bonds is 3. The van der Waals surface area contributed by atoms with Crippen molar-refractivity contribution in [1.29, 1.82) is 0 Å². The van der Waals surface area contributed by atoms with E-state index >= 15 is 0 Å². The second-order valence-corrected chi connectivity index (χ2v) is 3.49. The van der Waals surface area contributed by atoms with Gasteiger partial charge in [0.15, 0.2) is 0 Å². The number of fused-ring (bicyclic) bond motifs is 1. The van der Waals surface area contributed by atoms with Gasteiger partial charge in [-0.3, -0.25) is 4.98 Å². The molecule has 6 heteroatoms. The second kappa shape index (κ2) is 4.43. The first-order valence-corrected chi connectivity index (χ1v) is 4.89. The molecule has 0 atom stereocenters. The van der Waals surface area contributed by atoms with Gasteiger partial charge in [0, 0.05) is 11.8 Å². The molecule has 0 aliphatic heterocycles. The van der Waals surface area contributed by atoms with E-state index in [0.717, 1.165) is 0 Å². The van der Waals surface area contributed by atoms with Crippen LogP contribution in [0.25, 0.3) is 10.9 Å². The lowest BCUT2D eigenvalue weighted by molar-refractivity contribution is 0.0699. The minimum Gasteiger partial charge on any atom is -0.537 e. The molecule has 0 saturated heterocycles. The van der Waals surface area contributed by atoms with E-state index in [1.165, 1.54) is 6.07 Å². The van der Waals surface area contributed by atoms with Crippen molar-refractivity contribution in [3.63, 3.8) is 0 Å². The van der Waals surface area contributed by atoms with E-state index < -0.39 is 5.97 Å². The number of hydrogen-bond acceptors (Lipinski definition) is 4. The summed E-state index contributed by atoms with van der Waals surface area (Å²) in [6.45, 7) is 1.76. The van der Waals surface area contributed by atoms with Crippen LogP contribution in [0.3, 0.4) is 0 Å². The molecule has 85 valence electrons. The highest BCUT2D eigenvalue weighted by Crippen LogP contribution is 2.28. The number of carboxylic acids is 1. The normalized spacial score (nSPS) is 10.2. The van der Waals surface area contributed by atoms with Gasteiger partial charge in [-0.25, -0.2) is 4.79 Å². The van der Waals surface area contributed by atoms with E-state index in [1.807, 2.05) is 0 Å². The second-order valence-electron chi connectivity index (χ2n) is 3.49. The molecule has 0 bridgehead atoms. The Morgan fingerprint density at radius 2 is 2.24 bits per heavy atom. The Bertz CT molecular complexity index is 585. The summed E-state index contributed by atoms with van der Waals surface area (Å²) in [6.07, 6.45) is 0. The lowest BCUT2D eigenvalue weighted by Crippen LogP contribution is -2.05. The highest BCUT2D eigenvalue weighted by molar-refractivity contribution is 6.18. The Morgan fingerprint density at radius 1 is 1.47 bits per heavy atom. The highest BCUT2D eigenvalue weighted by atomic mass is 16.5. The highest BCUT2D eigenvalue weighted by Gasteiger charge is 2.14. The van der Waals surface area contributed by atoms with Crippen LogP contribution in [0.2, 0.25) is 0 Å². The summed E-state index contributed by atoms with van der Waals surface area (Å²) in [5.74, 6) is -0.794. The molecule has 2 N–H and O–H groups in total. The Labute approximate surface area is 98.0 Å². The van der Waals surface area contributed by atoms with Gasteiger partial charge in [0.1, 0.15) is 5.75 Å². The predicted molar refractivity (Wildman–Crippen MR) is 62.0 cm³/mol. The van der Waals surface area contributed by atoms with Crippen LogP contribution in [-0.4, -0.2) is 28.8 Å². The average molecular weight is 230 g/mol. The van der Waals surface area contributed by atoms with Crippen LogP contribution in [0, 0.1) is 6.92 Å². The molecule has 0 saturated carbocycles. The topological polar surface area (TPSA) is 79.7 Å². The molecule has 0 fully saturated rings. The maximum atomic E-state index is 11.1. The van der Waals surface area contributed by atoms with E-state index in [0.29, 0.717) is 24.3 Å². The van der Waals surface area contributed by atoms with E-state index in [1.54, 1.807) is 25.1 Å². The largest absolute Gasteiger partial charge is 0.569 e. The number of carbonyl (C=O) groups is 1. The van der Waals surface area contributed by atoms with Gasteiger partial charge in [-0.15, -0.1) is 0 Å². The van der Waals surface area contributed by atoms with Crippen molar-refractivity contribution in [2.75, 3.05) is 0 Å². The quantitative estimate of drug-likeness (QED) is 0.773. The number of pyridine rings is 1. The average Bonchev–Trinajstić information content (AvgIpc) is 2.28. The molecule has 2 aromatic rings. The SMILES string of the molecule is Cc1cc(O[B]O)c2c(C(=O)O)cccc2n1. The number of carboxylic acid groups (broad SMARTS) is 1. The molecule has 1 heterocycles. The van der Waals surface area contributed by atoms with Gasteiger partial charge < -0.3 is 14.8 Å². The summed E-state index contributed by atoms with van der Waals surface area (Å²) < 4.78 is 4.92. The first-order chi connectivity index (χ1) is 8.13. The van der Waals surface area contributed by atoms with Crippen molar-refractivity contribution in [3.8, 4) is 5.75 Å². The maximum absolute atomic E-state index is 11.1. The summed E-state index contributed by atoms with van der Waals surface area (Å²) in [7, 11) is 0.521. The van der Waals surface area contributed by atoms with Crippen molar-refractivity contribution in [2.45, 2.75) is 6.92 Å². The molecule has 1 radical (unpaired) electrons. The Kier molecular flexibility index (Phi) is 2.97. The Morgan fingerprint density at radius 3 is 2.88 bits per heavy atom. The van der Waals surface area contributed by atoms with Crippen LogP contribution in [0.15, 0.2) is 24.3 Å². The van der Waals surface area contributed by atoms with Crippen LogP contribution in [0.4, 0.5) is 0 Å². The summed E-state index contributed by atoms with van der Waals surface area (Å²) in [5, 5.41) is 18.1. The van der Waals surface area contributed by atoms with Gasteiger partial charge in [-0.05, 0) is 19.1 Å². The van der Waals surface area contributed by atoms with Crippen LogP contribution in [0.1, 0.15) is 16.1 Å². The molecule has 2 rings (SSSR count). The van der Waals surface area contributed by atoms with Gasteiger partial charge in [-0.2, -0.15) is 0 Å². The Hall–Kier alpha value is -2.08. The van der Waals surface area contributed by atoms with Crippen molar-refractivity contribution >= 4 is 24.6 Å². The third-order valence-corrected chi connectivity index (χ3v) is 2.34. The summed E-state index contributed by atoms with van der Waals surface area (Å²) in [4.78, 5) is 15.3. The minimum atomic E-state index is -1.07. The van der Waals surface area contributed by atoms with E-state index in [2.05, 4.69) is 4.98 Å². The minimum absolute atomic E-state index is 0.0897. The van der Waals surface area contributed by atoms with Gasteiger partial charge in [0.2, 0.25) is 0 Å². The van der Waals surface area contributed by atoms with Crippen LogP contribution >= 0.6 is 0 Å². The van der Waals surface area contributed by atoms with Gasteiger partial charge >= 0.3 is 13.7 Å². The lowest BCUT2D eigenvalue weighted by atomic mass is 10.1. The molecule has 1 aromatic heterocycles. The first kappa shape index (κ1) is 11.4. The zero-order chi connectivity index (χ0) is 12.4. The van der Waals surface area contributed by atoms with Gasteiger partial charge in [0.25, 0.3) is 0 Å². The monoisotopic (exact) mass is 230 g/mol. The summed E-state index contributed by atoms with van der Waals surface area (Å²) >= 11 is 0. The van der Waals surface area contributed by atoms with Gasteiger partial charge in [-0.1, -0.05) is 6.07 Å². The van der Waals surface area contributed by atoms with Gasteiger partial charge in [0.05, 0.1) is 16.5 Å². The van der Waals surface area contributed by atoms with Crippen LogP contribution < -0.4 is 4.65 Å². The van der Waals surface area contributed by atoms with E-state index in [4.69, 9.17) is 14.8 Å². The number of aryl methyl sites for hydroxylation is 1. The fourth-order valence-corrected chi connectivity index (χ4v) is 1.70. The number of aromatic carboxylic acids is 1. The zero-order valence-corrected chi connectivity index (χ0v) is 9.04. The zero-order valence-electron chi connectivity index (χ0n) is 9.04. The molecule has 1 aromatic carbocycles. The smallest absolute Gasteiger partial charge is 0.537 e. The fraction of sp³-hybridized carbons (Fsp3) is 0.0909. The first-order valence-electron chi connectivity index (χ1n) is 4.89. The van der Waals surface area contributed by atoms with E-state index in [-0.39, 0.29) is 11.3 Å². The molecule has 0 unspecified atom stereocenters. The van der Waals surface area contributed by atoms with E-state index in [9.17, 15) is 4.79 Å². The lowest BCUT2D eigenvalue weighted by Gasteiger charge is -2.09. The number of hydrogen-bond donors (Lipinski definition) is 2. The number of benzene rings is 1. The van der Waals surface area contributed by atoms with Crippen molar-refractivity contribution in [1.82, 2.24) is 4.98 Å². The number of nitrogens with zero attached hydrogens (tertiary/aromatic N) is 1. The predicted octanol–water partition coefficient (Wildman–Crippen LogP) is 1.15. The molecular formula is C11H9BNO4. The standard InChI is InChI=1S/C11H9BNO4/c1-6-5-9(17-12-16)10-7(11(14)15)3-2-4-8(10)13-6/h2-5,16H,1H3,(H,14,15).